The van der Waals surface area contributed by atoms with Crippen LogP contribution in [0.25, 0.3) is 22.0 Å². The Morgan fingerprint density at radius 1 is 1.22 bits per heavy atom. The number of nitrogens with one attached hydrogen (secondary N) is 1. The molecule has 4 aromatic rings. The first-order valence-electron chi connectivity index (χ1n) is 9.33. The number of carbonyl (C=O) groups excluding carboxylic acids is 1. The minimum atomic E-state index is -0.000609. The summed E-state index contributed by atoms with van der Waals surface area (Å²) in [6, 6.07) is 14.2. The standard InChI is InChI=1S/C22H23N3O2/c1-3-16-8-9-18-17(14-27-21(18)12-16)13-22(26)23-10-11-25-15(2)24-19-6-4-5-7-20(19)25/h4-9,12,14H,3,10-11,13H2,1-2H3,(H,23,26). The lowest BCUT2D eigenvalue weighted by Gasteiger charge is -2.08. The van der Waals surface area contributed by atoms with Gasteiger partial charge in [0.25, 0.3) is 0 Å². The number of rotatable bonds is 6. The van der Waals surface area contributed by atoms with Crippen molar-refractivity contribution in [1.82, 2.24) is 14.9 Å². The molecule has 27 heavy (non-hydrogen) atoms. The number of fused-ring (bicyclic) bond motifs is 2. The molecule has 0 bridgehead atoms. The van der Waals surface area contributed by atoms with Crippen LogP contribution in [0.3, 0.4) is 0 Å². The molecule has 0 spiro atoms. The van der Waals surface area contributed by atoms with Crippen LogP contribution in [0.2, 0.25) is 0 Å². The van der Waals surface area contributed by atoms with E-state index in [-0.39, 0.29) is 5.91 Å². The predicted octanol–water partition coefficient (Wildman–Crippen LogP) is 4.01. The van der Waals surface area contributed by atoms with Gasteiger partial charge in [-0.05, 0) is 37.1 Å². The van der Waals surface area contributed by atoms with E-state index < -0.39 is 0 Å². The van der Waals surface area contributed by atoms with Crippen molar-refractivity contribution in [1.29, 1.82) is 0 Å². The van der Waals surface area contributed by atoms with Crippen molar-refractivity contribution < 1.29 is 9.21 Å². The number of aromatic nitrogens is 2. The molecule has 0 unspecified atom stereocenters. The highest BCUT2D eigenvalue weighted by Gasteiger charge is 2.11. The van der Waals surface area contributed by atoms with Crippen LogP contribution in [0, 0.1) is 6.92 Å². The summed E-state index contributed by atoms with van der Waals surface area (Å²) in [7, 11) is 0. The van der Waals surface area contributed by atoms with E-state index in [0.717, 1.165) is 39.8 Å². The minimum Gasteiger partial charge on any atom is -0.464 e. The summed E-state index contributed by atoms with van der Waals surface area (Å²) in [5.41, 5.74) is 5.08. The van der Waals surface area contributed by atoms with Crippen molar-refractivity contribution in [2.45, 2.75) is 33.2 Å². The molecule has 0 aliphatic rings. The SMILES string of the molecule is CCc1ccc2c(CC(=O)NCCn3c(C)nc4ccccc43)coc2c1. The molecule has 5 nitrogen and oxygen atoms in total. The number of imidazole rings is 1. The Kier molecular flexibility index (Phi) is 4.67. The largest absolute Gasteiger partial charge is 0.464 e. The zero-order valence-electron chi connectivity index (χ0n) is 15.7. The van der Waals surface area contributed by atoms with Crippen LogP contribution in [0.15, 0.2) is 53.1 Å². The zero-order valence-corrected chi connectivity index (χ0v) is 15.7. The van der Waals surface area contributed by atoms with Crippen LogP contribution < -0.4 is 5.32 Å². The molecule has 2 aromatic carbocycles. The maximum absolute atomic E-state index is 12.4. The molecule has 0 aliphatic carbocycles. The number of hydrogen-bond donors (Lipinski definition) is 1. The number of aryl methyl sites for hydroxylation is 2. The molecule has 2 aromatic heterocycles. The van der Waals surface area contributed by atoms with Crippen LogP contribution in [0.5, 0.6) is 0 Å². The molecule has 5 heteroatoms. The molecule has 1 N–H and O–H groups in total. The second-order valence-corrected chi connectivity index (χ2v) is 6.77. The topological polar surface area (TPSA) is 60.1 Å². The quantitative estimate of drug-likeness (QED) is 0.564. The fourth-order valence-corrected chi connectivity index (χ4v) is 3.51. The molecule has 0 atom stereocenters. The Labute approximate surface area is 158 Å². The number of carbonyl (C=O) groups is 1. The van der Waals surface area contributed by atoms with Crippen LogP contribution in [0.1, 0.15) is 23.9 Å². The fraction of sp³-hybridized carbons (Fsp3) is 0.273. The van der Waals surface area contributed by atoms with Gasteiger partial charge in [-0.3, -0.25) is 4.79 Å². The van der Waals surface area contributed by atoms with Gasteiger partial charge in [0.2, 0.25) is 5.91 Å². The fourth-order valence-electron chi connectivity index (χ4n) is 3.51. The Hall–Kier alpha value is -3.08. The highest BCUT2D eigenvalue weighted by molar-refractivity contribution is 5.88. The van der Waals surface area contributed by atoms with Crippen molar-refractivity contribution in [2.75, 3.05) is 6.54 Å². The molecule has 4 rings (SSSR count). The first-order chi connectivity index (χ1) is 13.2. The van der Waals surface area contributed by atoms with Crippen LogP contribution >= 0.6 is 0 Å². The number of para-hydroxylation sites is 2. The van der Waals surface area contributed by atoms with Crippen molar-refractivity contribution >= 4 is 27.9 Å². The van der Waals surface area contributed by atoms with E-state index in [2.05, 4.69) is 33.9 Å². The lowest BCUT2D eigenvalue weighted by atomic mass is 10.1. The maximum Gasteiger partial charge on any atom is 0.224 e. The number of amides is 1. The van der Waals surface area contributed by atoms with E-state index in [1.165, 1.54) is 5.56 Å². The van der Waals surface area contributed by atoms with E-state index in [9.17, 15) is 4.79 Å². The van der Waals surface area contributed by atoms with Crippen LogP contribution in [0.4, 0.5) is 0 Å². The summed E-state index contributed by atoms with van der Waals surface area (Å²) in [4.78, 5) is 16.9. The zero-order chi connectivity index (χ0) is 18.8. The van der Waals surface area contributed by atoms with Gasteiger partial charge in [-0.25, -0.2) is 4.98 Å². The molecular formula is C22H23N3O2. The van der Waals surface area contributed by atoms with E-state index in [0.29, 0.717) is 19.5 Å². The molecule has 0 radical (unpaired) electrons. The van der Waals surface area contributed by atoms with Crippen molar-refractivity contribution in [3.63, 3.8) is 0 Å². The Balaban J connectivity index is 1.39. The van der Waals surface area contributed by atoms with Gasteiger partial charge in [0, 0.05) is 24.0 Å². The second kappa shape index (κ2) is 7.27. The smallest absolute Gasteiger partial charge is 0.224 e. The summed E-state index contributed by atoms with van der Waals surface area (Å²) in [6.45, 7) is 5.37. The Morgan fingerprint density at radius 3 is 2.93 bits per heavy atom. The van der Waals surface area contributed by atoms with Gasteiger partial charge in [-0.15, -0.1) is 0 Å². The molecule has 0 fully saturated rings. The molecule has 1 amide bonds. The van der Waals surface area contributed by atoms with Crippen LogP contribution in [-0.2, 0) is 24.2 Å². The number of benzene rings is 2. The maximum atomic E-state index is 12.4. The van der Waals surface area contributed by atoms with Crippen LogP contribution in [-0.4, -0.2) is 22.0 Å². The Morgan fingerprint density at radius 2 is 2.07 bits per heavy atom. The number of hydrogen-bond acceptors (Lipinski definition) is 3. The molecule has 0 saturated heterocycles. The lowest BCUT2D eigenvalue weighted by Crippen LogP contribution is -2.28. The second-order valence-electron chi connectivity index (χ2n) is 6.77. The molecule has 2 heterocycles. The van der Waals surface area contributed by atoms with E-state index >= 15 is 0 Å². The van der Waals surface area contributed by atoms with E-state index in [1.807, 2.05) is 37.3 Å². The average Bonchev–Trinajstić information content (AvgIpc) is 3.22. The Bertz CT molecular complexity index is 1110. The number of furan rings is 1. The van der Waals surface area contributed by atoms with Crippen molar-refractivity contribution in [2.24, 2.45) is 0 Å². The highest BCUT2D eigenvalue weighted by Crippen LogP contribution is 2.23. The van der Waals surface area contributed by atoms with E-state index in [1.54, 1.807) is 6.26 Å². The third-order valence-electron chi connectivity index (χ3n) is 4.98. The summed E-state index contributed by atoms with van der Waals surface area (Å²) < 4.78 is 7.76. The van der Waals surface area contributed by atoms with E-state index in [4.69, 9.17) is 4.42 Å². The first-order valence-corrected chi connectivity index (χ1v) is 9.33. The third kappa shape index (κ3) is 3.45. The normalized spacial score (nSPS) is 11.3. The third-order valence-corrected chi connectivity index (χ3v) is 4.98. The van der Waals surface area contributed by atoms with Crippen molar-refractivity contribution in [3.8, 4) is 0 Å². The molecule has 0 aliphatic heterocycles. The summed E-state index contributed by atoms with van der Waals surface area (Å²) in [5.74, 6) is 0.956. The summed E-state index contributed by atoms with van der Waals surface area (Å²) >= 11 is 0. The molecule has 0 saturated carbocycles. The van der Waals surface area contributed by atoms with Gasteiger partial charge < -0.3 is 14.3 Å². The predicted molar refractivity (Wildman–Crippen MR) is 107 cm³/mol. The monoisotopic (exact) mass is 361 g/mol. The lowest BCUT2D eigenvalue weighted by molar-refractivity contribution is -0.120. The minimum absolute atomic E-state index is 0.000609. The van der Waals surface area contributed by atoms with Gasteiger partial charge in [-0.2, -0.15) is 0 Å². The number of nitrogens with zero attached hydrogens (tertiary/aromatic N) is 2. The molecular weight excluding hydrogens is 338 g/mol. The summed E-state index contributed by atoms with van der Waals surface area (Å²) in [5, 5.41) is 4.02. The van der Waals surface area contributed by atoms with Gasteiger partial charge in [-0.1, -0.05) is 31.2 Å². The van der Waals surface area contributed by atoms with Gasteiger partial charge in [0.05, 0.1) is 23.7 Å². The highest BCUT2D eigenvalue weighted by atomic mass is 16.3. The average molecular weight is 361 g/mol. The van der Waals surface area contributed by atoms with Gasteiger partial charge >= 0.3 is 0 Å². The van der Waals surface area contributed by atoms with Gasteiger partial charge in [0.15, 0.2) is 0 Å². The van der Waals surface area contributed by atoms with Gasteiger partial charge in [0.1, 0.15) is 11.4 Å². The first kappa shape index (κ1) is 17.3. The molecule has 138 valence electrons. The van der Waals surface area contributed by atoms with Crippen molar-refractivity contribution in [3.05, 3.63) is 65.7 Å². The summed E-state index contributed by atoms with van der Waals surface area (Å²) in [6.07, 6.45) is 2.98.